The van der Waals surface area contributed by atoms with Gasteiger partial charge in [0.1, 0.15) is 16.9 Å². The maximum absolute atomic E-state index is 12.5. The highest BCUT2D eigenvalue weighted by Gasteiger charge is 2.43. The second-order valence-corrected chi connectivity index (χ2v) is 5.24. The van der Waals surface area contributed by atoms with Crippen molar-refractivity contribution in [2.45, 2.75) is 45.6 Å². The normalized spacial score (nSPS) is 18.8. The number of nitrogens with zero attached hydrogens (tertiary/aromatic N) is 2. The van der Waals surface area contributed by atoms with Crippen LogP contribution in [0, 0.1) is 12.3 Å². The maximum Gasteiger partial charge on any atom is 0.234 e. The molecule has 1 aliphatic rings. The predicted molar refractivity (Wildman–Crippen MR) is 72.0 cm³/mol. The Morgan fingerprint density at radius 1 is 1.55 bits per heavy atom. The molecule has 7 nitrogen and oxygen atoms in total. The second kappa shape index (κ2) is 5.94. The van der Waals surface area contributed by atoms with Crippen molar-refractivity contribution >= 4 is 11.7 Å². The Kier molecular flexibility index (Phi) is 4.26. The third-order valence-corrected chi connectivity index (χ3v) is 3.85. The Balaban J connectivity index is 2.07. The molecule has 2 rings (SSSR count). The molecule has 1 aromatic rings. The van der Waals surface area contributed by atoms with E-state index < -0.39 is 5.41 Å². The minimum absolute atomic E-state index is 0.00830. The first-order valence-corrected chi connectivity index (χ1v) is 6.77. The summed E-state index contributed by atoms with van der Waals surface area (Å²) >= 11 is 0. The summed E-state index contributed by atoms with van der Waals surface area (Å²) in [6, 6.07) is 1.76. The summed E-state index contributed by atoms with van der Waals surface area (Å²) in [5, 5.41) is 18.6. The number of aromatic nitrogens is 1. The summed E-state index contributed by atoms with van der Waals surface area (Å²) in [4.78, 5) is 12.5. The van der Waals surface area contributed by atoms with Crippen LogP contribution in [-0.4, -0.2) is 22.1 Å². The molecular formula is C13H20N4O3. The SMILES string of the molecule is Cc1cc(CNC(=O)C2(C(N)=NO)CCCCC2)no1. The van der Waals surface area contributed by atoms with Crippen LogP contribution in [0.2, 0.25) is 0 Å². The van der Waals surface area contributed by atoms with E-state index in [0.29, 0.717) is 24.3 Å². The average Bonchev–Trinajstić information content (AvgIpc) is 2.90. The molecule has 4 N–H and O–H groups in total. The number of rotatable bonds is 4. The zero-order chi connectivity index (χ0) is 14.6. The predicted octanol–water partition coefficient (Wildman–Crippen LogP) is 1.30. The van der Waals surface area contributed by atoms with Gasteiger partial charge in [0.25, 0.3) is 0 Å². The third kappa shape index (κ3) is 2.76. The van der Waals surface area contributed by atoms with Crippen molar-refractivity contribution in [1.29, 1.82) is 0 Å². The lowest BCUT2D eigenvalue weighted by molar-refractivity contribution is -0.129. The first-order chi connectivity index (χ1) is 9.58. The second-order valence-electron chi connectivity index (χ2n) is 5.24. The number of carbonyl (C=O) groups excluding carboxylic acids is 1. The van der Waals surface area contributed by atoms with E-state index in [1.807, 2.05) is 0 Å². The number of hydrogen-bond acceptors (Lipinski definition) is 5. The van der Waals surface area contributed by atoms with Gasteiger partial charge in [-0.25, -0.2) is 0 Å². The van der Waals surface area contributed by atoms with Crippen molar-refractivity contribution < 1.29 is 14.5 Å². The highest BCUT2D eigenvalue weighted by atomic mass is 16.5. The summed E-state index contributed by atoms with van der Waals surface area (Å²) in [6.45, 7) is 2.06. The average molecular weight is 280 g/mol. The number of carbonyl (C=O) groups is 1. The molecule has 110 valence electrons. The van der Waals surface area contributed by atoms with Crippen LogP contribution in [0.3, 0.4) is 0 Å². The molecule has 20 heavy (non-hydrogen) atoms. The minimum atomic E-state index is -0.897. The molecule has 1 aromatic heterocycles. The van der Waals surface area contributed by atoms with Crippen LogP contribution in [0.15, 0.2) is 15.7 Å². The number of amides is 1. The fourth-order valence-corrected chi connectivity index (χ4v) is 2.69. The van der Waals surface area contributed by atoms with Crippen LogP contribution < -0.4 is 11.1 Å². The molecule has 1 aliphatic carbocycles. The van der Waals surface area contributed by atoms with Crippen molar-refractivity contribution in [1.82, 2.24) is 10.5 Å². The van der Waals surface area contributed by atoms with E-state index >= 15 is 0 Å². The van der Waals surface area contributed by atoms with Gasteiger partial charge < -0.3 is 20.8 Å². The lowest BCUT2D eigenvalue weighted by Crippen LogP contribution is -2.50. The Morgan fingerprint density at radius 2 is 2.25 bits per heavy atom. The van der Waals surface area contributed by atoms with Gasteiger partial charge in [-0.1, -0.05) is 29.6 Å². The van der Waals surface area contributed by atoms with Crippen LogP contribution >= 0.6 is 0 Å². The summed E-state index contributed by atoms with van der Waals surface area (Å²) in [7, 11) is 0. The number of nitrogens with one attached hydrogen (secondary N) is 1. The highest BCUT2D eigenvalue weighted by Crippen LogP contribution is 2.36. The van der Waals surface area contributed by atoms with E-state index in [4.69, 9.17) is 15.5 Å². The van der Waals surface area contributed by atoms with Gasteiger partial charge >= 0.3 is 0 Å². The fourth-order valence-electron chi connectivity index (χ4n) is 2.69. The largest absolute Gasteiger partial charge is 0.409 e. The van der Waals surface area contributed by atoms with E-state index in [9.17, 15) is 4.79 Å². The Hall–Kier alpha value is -2.05. The highest BCUT2D eigenvalue weighted by molar-refractivity contribution is 6.06. The standard InChI is InChI=1S/C13H20N4O3/c1-9-7-10(17-20-9)8-15-12(18)13(11(14)16-19)5-3-2-4-6-13/h7,19H,2-6,8H2,1H3,(H2,14,16)(H,15,18). The Morgan fingerprint density at radius 3 is 2.80 bits per heavy atom. The van der Waals surface area contributed by atoms with Crippen molar-refractivity contribution in [3.63, 3.8) is 0 Å². The molecule has 1 fully saturated rings. The Labute approximate surface area is 117 Å². The van der Waals surface area contributed by atoms with Crippen LogP contribution in [0.25, 0.3) is 0 Å². The maximum atomic E-state index is 12.5. The topological polar surface area (TPSA) is 114 Å². The van der Waals surface area contributed by atoms with E-state index in [1.165, 1.54) is 0 Å². The van der Waals surface area contributed by atoms with Crippen LogP contribution in [0.1, 0.15) is 43.6 Å². The molecule has 0 aromatic carbocycles. The molecule has 0 bridgehead atoms. The first-order valence-electron chi connectivity index (χ1n) is 6.77. The summed E-state index contributed by atoms with van der Waals surface area (Å²) in [5.74, 6) is 0.470. The molecule has 0 saturated heterocycles. The zero-order valence-corrected chi connectivity index (χ0v) is 11.6. The number of amidine groups is 1. The van der Waals surface area contributed by atoms with Gasteiger partial charge in [-0.05, 0) is 19.8 Å². The number of oxime groups is 1. The van der Waals surface area contributed by atoms with Gasteiger partial charge in [-0.3, -0.25) is 4.79 Å². The van der Waals surface area contributed by atoms with Crippen LogP contribution in [0.5, 0.6) is 0 Å². The van der Waals surface area contributed by atoms with E-state index in [1.54, 1.807) is 13.0 Å². The molecule has 1 heterocycles. The summed E-state index contributed by atoms with van der Waals surface area (Å²) < 4.78 is 4.95. The molecule has 0 radical (unpaired) electrons. The molecule has 1 saturated carbocycles. The number of hydrogen-bond donors (Lipinski definition) is 3. The third-order valence-electron chi connectivity index (χ3n) is 3.85. The number of nitrogens with two attached hydrogens (primary N) is 1. The van der Waals surface area contributed by atoms with Crippen molar-refractivity contribution in [3.05, 3.63) is 17.5 Å². The van der Waals surface area contributed by atoms with Gasteiger partial charge in [-0.15, -0.1) is 0 Å². The smallest absolute Gasteiger partial charge is 0.234 e. The molecule has 0 spiro atoms. The monoisotopic (exact) mass is 280 g/mol. The van der Waals surface area contributed by atoms with Gasteiger partial charge in [0.05, 0.1) is 6.54 Å². The minimum Gasteiger partial charge on any atom is -0.409 e. The number of aryl methyl sites for hydroxylation is 1. The van der Waals surface area contributed by atoms with Crippen molar-refractivity contribution in [3.8, 4) is 0 Å². The van der Waals surface area contributed by atoms with Crippen LogP contribution in [-0.2, 0) is 11.3 Å². The van der Waals surface area contributed by atoms with Gasteiger partial charge in [0.2, 0.25) is 5.91 Å². The van der Waals surface area contributed by atoms with Crippen LogP contribution in [0.4, 0.5) is 0 Å². The molecule has 1 amide bonds. The molecule has 7 heteroatoms. The van der Waals surface area contributed by atoms with Gasteiger partial charge in [0.15, 0.2) is 5.84 Å². The Bertz CT molecular complexity index is 503. The summed E-state index contributed by atoms with van der Waals surface area (Å²) in [6.07, 6.45) is 4.06. The first kappa shape index (κ1) is 14.4. The lowest BCUT2D eigenvalue weighted by atomic mass is 9.72. The van der Waals surface area contributed by atoms with E-state index in [-0.39, 0.29) is 18.3 Å². The molecule has 0 atom stereocenters. The lowest BCUT2D eigenvalue weighted by Gasteiger charge is -2.34. The van der Waals surface area contributed by atoms with E-state index in [2.05, 4.69) is 15.6 Å². The molecular weight excluding hydrogens is 260 g/mol. The van der Waals surface area contributed by atoms with Crippen molar-refractivity contribution in [2.75, 3.05) is 0 Å². The van der Waals surface area contributed by atoms with Crippen molar-refractivity contribution in [2.24, 2.45) is 16.3 Å². The quantitative estimate of drug-likeness (QED) is 0.333. The zero-order valence-electron chi connectivity index (χ0n) is 11.6. The fraction of sp³-hybridized carbons (Fsp3) is 0.615. The van der Waals surface area contributed by atoms with E-state index in [0.717, 1.165) is 19.3 Å². The van der Waals surface area contributed by atoms with Gasteiger partial charge in [0, 0.05) is 6.07 Å². The summed E-state index contributed by atoms with van der Waals surface area (Å²) in [5.41, 5.74) is 5.52. The molecule has 0 aliphatic heterocycles. The molecule has 0 unspecified atom stereocenters. The van der Waals surface area contributed by atoms with Gasteiger partial charge in [-0.2, -0.15) is 0 Å².